The van der Waals surface area contributed by atoms with Crippen LogP contribution in [0.4, 0.5) is 0 Å². The fourth-order valence-electron chi connectivity index (χ4n) is 1.72. The van der Waals surface area contributed by atoms with Gasteiger partial charge in [0.15, 0.2) is 0 Å². The maximum atomic E-state index is 3.98. The Morgan fingerprint density at radius 2 is 1.93 bits per heavy atom. The fourth-order valence-corrected chi connectivity index (χ4v) is 1.72. The summed E-state index contributed by atoms with van der Waals surface area (Å²) in [6, 6.07) is 0. The van der Waals surface area contributed by atoms with Crippen LogP contribution < -0.4 is 5.32 Å². The first-order chi connectivity index (χ1) is 6.33. The van der Waals surface area contributed by atoms with Gasteiger partial charge >= 0.3 is 0 Å². The summed E-state index contributed by atoms with van der Waals surface area (Å²) in [7, 11) is 0. The zero-order chi connectivity index (χ0) is 11.2. The number of allylic oxidation sites excluding steroid dienone is 1. The molecule has 0 aliphatic carbocycles. The van der Waals surface area contributed by atoms with Gasteiger partial charge in [0.05, 0.1) is 0 Å². The van der Waals surface area contributed by atoms with Crippen molar-refractivity contribution in [3.63, 3.8) is 0 Å². The molecule has 0 saturated carbocycles. The van der Waals surface area contributed by atoms with E-state index >= 15 is 0 Å². The van der Waals surface area contributed by atoms with Crippen molar-refractivity contribution < 1.29 is 0 Å². The van der Waals surface area contributed by atoms with Crippen molar-refractivity contribution in [3.05, 3.63) is 12.2 Å². The van der Waals surface area contributed by atoms with Gasteiger partial charge in [0.2, 0.25) is 0 Å². The SMILES string of the molecule is C=C(C)CC(C)(C)CCNCC(C)C. The third-order valence-electron chi connectivity index (χ3n) is 2.31. The third kappa shape index (κ3) is 8.31. The fraction of sp³-hybridized carbons (Fsp3) is 0.846. The van der Waals surface area contributed by atoms with E-state index < -0.39 is 0 Å². The molecule has 0 unspecified atom stereocenters. The number of nitrogens with one attached hydrogen (secondary N) is 1. The van der Waals surface area contributed by atoms with Crippen molar-refractivity contribution in [2.24, 2.45) is 11.3 Å². The van der Waals surface area contributed by atoms with Gasteiger partial charge in [0.25, 0.3) is 0 Å². The quantitative estimate of drug-likeness (QED) is 0.485. The Hall–Kier alpha value is -0.300. The highest BCUT2D eigenvalue weighted by Gasteiger charge is 2.16. The van der Waals surface area contributed by atoms with Crippen LogP contribution in [0.3, 0.4) is 0 Å². The first kappa shape index (κ1) is 13.7. The molecule has 84 valence electrons. The molecule has 0 aromatic rings. The van der Waals surface area contributed by atoms with Crippen LogP contribution >= 0.6 is 0 Å². The second-order valence-electron chi connectivity index (χ2n) is 5.65. The highest BCUT2D eigenvalue weighted by molar-refractivity contribution is 4.93. The van der Waals surface area contributed by atoms with Gasteiger partial charge in [-0.25, -0.2) is 0 Å². The number of hydrogen-bond acceptors (Lipinski definition) is 1. The molecule has 1 N–H and O–H groups in total. The largest absolute Gasteiger partial charge is 0.316 e. The van der Waals surface area contributed by atoms with Crippen LogP contribution in [0.1, 0.15) is 47.5 Å². The lowest BCUT2D eigenvalue weighted by atomic mass is 9.83. The van der Waals surface area contributed by atoms with Gasteiger partial charge in [0.1, 0.15) is 0 Å². The summed E-state index contributed by atoms with van der Waals surface area (Å²) in [4.78, 5) is 0. The van der Waals surface area contributed by atoms with E-state index in [9.17, 15) is 0 Å². The second kappa shape index (κ2) is 6.23. The lowest BCUT2D eigenvalue weighted by Gasteiger charge is -2.25. The molecule has 0 spiro atoms. The minimum atomic E-state index is 0.399. The van der Waals surface area contributed by atoms with Crippen molar-refractivity contribution in [1.29, 1.82) is 0 Å². The number of rotatable bonds is 7. The molecule has 0 atom stereocenters. The van der Waals surface area contributed by atoms with Crippen molar-refractivity contribution in [1.82, 2.24) is 5.32 Å². The highest BCUT2D eigenvalue weighted by Crippen LogP contribution is 2.27. The van der Waals surface area contributed by atoms with Crippen LogP contribution in [0.5, 0.6) is 0 Å². The van der Waals surface area contributed by atoms with Gasteiger partial charge in [-0.3, -0.25) is 0 Å². The van der Waals surface area contributed by atoms with Gasteiger partial charge in [-0.2, -0.15) is 0 Å². The Morgan fingerprint density at radius 3 is 2.36 bits per heavy atom. The first-order valence-electron chi connectivity index (χ1n) is 5.68. The van der Waals surface area contributed by atoms with E-state index in [1.54, 1.807) is 0 Å². The third-order valence-corrected chi connectivity index (χ3v) is 2.31. The maximum absolute atomic E-state index is 3.98. The van der Waals surface area contributed by atoms with Gasteiger partial charge < -0.3 is 5.32 Å². The van der Waals surface area contributed by atoms with Crippen LogP contribution in [0, 0.1) is 11.3 Å². The zero-order valence-corrected chi connectivity index (χ0v) is 10.6. The minimum Gasteiger partial charge on any atom is -0.316 e. The molecule has 0 aromatic heterocycles. The predicted molar refractivity (Wildman–Crippen MR) is 65.5 cm³/mol. The molecule has 0 aliphatic rings. The molecule has 0 heterocycles. The van der Waals surface area contributed by atoms with Crippen molar-refractivity contribution in [2.75, 3.05) is 13.1 Å². The van der Waals surface area contributed by atoms with E-state index in [0.29, 0.717) is 5.41 Å². The average molecular weight is 197 g/mol. The summed E-state index contributed by atoms with van der Waals surface area (Å²) in [6.07, 6.45) is 2.36. The summed E-state index contributed by atoms with van der Waals surface area (Å²) in [5, 5.41) is 3.48. The second-order valence-corrected chi connectivity index (χ2v) is 5.65. The molecule has 0 amide bonds. The van der Waals surface area contributed by atoms with Gasteiger partial charge in [-0.1, -0.05) is 33.3 Å². The Bertz CT molecular complexity index is 168. The summed E-state index contributed by atoms with van der Waals surface area (Å²) < 4.78 is 0. The van der Waals surface area contributed by atoms with Crippen LogP contribution in [-0.2, 0) is 0 Å². The maximum Gasteiger partial charge on any atom is -0.00258 e. The summed E-state index contributed by atoms with van der Waals surface area (Å²) in [5.74, 6) is 0.749. The van der Waals surface area contributed by atoms with E-state index in [0.717, 1.165) is 25.4 Å². The summed E-state index contributed by atoms with van der Waals surface area (Å²) >= 11 is 0. The van der Waals surface area contributed by atoms with E-state index in [-0.39, 0.29) is 0 Å². The lowest BCUT2D eigenvalue weighted by molar-refractivity contribution is 0.322. The first-order valence-corrected chi connectivity index (χ1v) is 5.68. The molecule has 14 heavy (non-hydrogen) atoms. The Labute approximate surface area is 90.0 Å². The Balaban J connectivity index is 3.60. The molecule has 0 aliphatic heterocycles. The van der Waals surface area contributed by atoms with Gasteiger partial charge in [-0.15, -0.1) is 6.58 Å². The van der Waals surface area contributed by atoms with Crippen LogP contribution in [0.2, 0.25) is 0 Å². The monoisotopic (exact) mass is 197 g/mol. The van der Waals surface area contributed by atoms with E-state index in [1.165, 1.54) is 12.0 Å². The molecule has 0 saturated heterocycles. The van der Waals surface area contributed by atoms with E-state index in [1.807, 2.05) is 0 Å². The summed E-state index contributed by atoms with van der Waals surface area (Å²) in [6.45, 7) is 17.5. The van der Waals surface area contributed by atoms with Crippen LogP contribution in [0.15, 0.2) is 12.2 Å². The summed E-state index contributed by atoms with van der Waals surface area (Å²) in [5.41, 5.74) is 1.69. The zero-order valence-electron chi connectivity index (χ0n) is 10.6. The van der Waals surface area contributed by atoms with E-state index in [4.69, 9.17) is 0 Å². The van der Waals surface area contributed by atoms with Crippen molar-refractivity contribution in [3.8, 4) is 0 Å². The molecule has 1 heteroatoms. The van der Waals surface area contributed by atoms with Gasteiger partial charge in [0, 0.05) is 0 Å². The smallest absolute Gasteiger partial charge is 0.00258 e. The van der Waals surface area contributed by atoms with Gasteiger partial charge in [-0.05, 0) is 44.2 Å². The van der Waals surface area contributed by atoms with Crippen LogP contribution in [0.25, 0.3) is 0 Å². The molecule has 1 nitrogen and oxygen atoms in total. The molecule has 0 fully saturated rings. The lowest BCUT2D eigenvalue weighted by Crippen LogP contribution is -2.25. The molecular weight excluding hydrogens is 170 g/mol. The van der Waals surface area contributed by atoms with E-state index in [2.05, 4.69) is 46.5 Å². The standard InChI is InChI=1S/C13H27N/c1-11(2)9-13(5,6)7-8-14-10-12(3)4/h12,14H,1,7-10H2,2-6H3. The molecule has 0 radical (unpaired) electrons. The highest BCUT2D eigenvalue weighted by atomic mass is 14.8. The molecule has 0 bridgehead atoms. The minimum absolute atomic E-state index is 0.399. The molecular formula is C13H27N. The predicted octanol–water partition coefficient (Wildman–Crippen LogP) is 3.61. The van der Waals surface area contributed by atoms with Crippen molar-refractivity contribution in [2.45, 2.75) is 47.5 Å². The Morgan fingerprint density at radius 1 is 1.36 bits per heavy atom. The topological polar surface area (TPSA) is 12.0 Å². The van der Waals surface area contributed by atoms with Crippen LogP contribution in [-0.4, -0.2) is 13.1 Å². The number of hydrogen-bond donors (Lipinski definition) is 1. The average Bonchev–Trinajstić information content (AvgIpc) is 1.95. The Kier molecular flexibility index (Phi) is 6.10. The normalized spacial score (nSPS) is 12.1. The molecule has 0 rings (SSSR count). The van der Waals surface area contributed by atoms with Crippen molar-refractivity contribution >= 4 is 0 Å². The molecule has 0 aromatic carbocycles.